The predicted octanol–water partition coefficient (Wildman–Crippen LogP) is 0.797. The molecular formula is C10H17NO2. The normalized spacial score (nSPS) is 12.2. The fourth-order valence-corrected chi connectivity index (χ4v) is 1.06. The maximum atomic E-state index is 11.2. The molecule has 3 nitrogen and oxygen atoms in total. The van der Waals surface area contributed by atoms with Crippen molar-refractivity contribution in [3.8, 4) is 12.3 Å². The molecule has 0 radical (unpaired) electrons. The third-order valence-corrected chi connectivity index (χ3v) is 1.64. The fraction of sp³-hybridized carbons (Fsp3) is 0.700. The highest BCUT2D eigenvalue weighted by Gasteiger charge is 2.18. The zero-order valence-electron chi connectivity index (χ0n) is 8.46. The van der Waals surface area contributed by atoms with Gasteiger partial charge in [0.25, 0.3) is 0 Å². The molecule has 0 aromatic rings. The van der Waals surface area contributed by atoms with Gasteiger partial charge in [-0.15, -0.1) is 6.42 Å². The highest BCUT2D eigenvalue weighted by molar-refractivity contribution is 5.75. The van der Waals surface area contributed by atoms with E-state index < -0.39 is 0 Å². The summed E-state index contributed by atoms with van der Waals surface area (Å²) in [5.41, 5.74) is 0. The summed E-state index contributed by atoms with van der Waals surface area (Å²) in [6.07, 6.45) is 5.83. The van der Waals surface area contributed by atoms with E-state index in [-0.39, 0.29) is 12.0 Å². The van der Waals surface area contributed by atoms with Crippen molar-refractivity contribution in [3.63, 3.8) is 0 Å². The minimum atomic E-state index is -0.277. The molecule has 0 heterocycles. The first-order valence-corrected chi connectivity index (χ1v) is 4.36. The second kappa shape index (κ2) is 6.50. The van der Waals surface area contributed by atoms with E-state index in [1.165, 1.54) is 7.11 Å². The molecule has 0 aliphatic rings. The van der Waals surface area contributed by atoms with E-state index in [9.17, 15) is 4.79 Å². The van der Waals surface area contributed by atoms with Crippen LogP contribution in [0.2, 0.25) is 0 Å². The Morgan fingerprint density at radius 1 is 1.62 bits per heavy atom. The number of carbonyl (C=O) groups is 1. The van der Waals surface area contributed by atoms with Crippen molar-refractivity contribution in [2.45, 2.75) is 26.3 Å². The zero-order chi connectivity index (χ0) is 10.3. The minimum absolute atomic E-state index is 0.246. The van der Waals surface area contributed by atoms with E-state index in [0.717, 1.165) is 6.42 Å². The lowest BCUT2D eigenvalue weighted by atomic mass is 10.0. The Balaban J connectivity index is 4.04. The largest absolute Gasteiger partial charge is 0.468 e. The summed E-state index contributed by atoms with van der Waals surface area (Å²) in [6, 6.07) is -0.277. The molecular weight excluding hydrogens is 166 g/mol. The van der Waals surface area contributed by atoms with Crippen molar-refractivity contribution in [2.75, 3.05) is 13.7 Å². The third kappa shape index (κ3) is 5.26. The molecule has 0 bridgehead atoms. The summed E-state index contributed by atoms with van der Waals surface area (Å²) < 4.78 is 4.64. The quantitative estimate of drug-likeness (QED) is 0.506. The van der Waals surface area contributed by atoms with Crippen molar-refractivity contribution in [1.29, 1.82) is 0 Å². The molecule has 0 aromatic heterocycles. The average Bonchev–Trinajstić information content (AvgIpc) is 2.10. The van der Waals surface area contributed by atoms with Crippen molar-refractivity contribution >= 4 is 5.97 Å². The van der Waals surface area contributed by atoms with Crippen LogP contribution in [0.15, 0.2) is 0 Å². The molecule has 1 N–H and O–H groups in total. The van der Waals surface area contributed by atoms with Crippen LogP contribution < -0.4 is 5.32 Å². The Bertz CT molecular complexity index is 194. The number of rotatable bonds is 5. The highest BCUT2D eigenvalue weighted by Crippen LogP contribution is 2.05. The van der Waals surface area contributed by atoms with Crippen LogP contribution in [0.1, 0.15) is 20.3 Å². The molecule has 1 unspecified atom stereocenters. The second-order valence-corrected chi connectivity index (χ2v) is 3.29. The van der Waals surface area contributed by atoms with E-state index in [4.69, 9.17) is 6.42 Å². The maximum Gasteiger partial charge on any atom is 0.322 e. The van der Waals surface area contributed by atoms with Gasteiger partial charge in [0.05, 0.1) is 13.7 Å². The summed E-state index contributed by atoms with van der Waals surface area (Å²) in [6.45, 7) is 4.49. The Kier molecular flexibility index (Phi) is 5.99. The summed E-state index contributed by atoms with van der Waals surface area (Å²) in [5, 5.41) is 2.94. The lowest BCUT2D eigenvalue weighted by molar-refractivity contribution is -0.143. The number of hydrogen-bond donors (Lipinski definition) is 1. The standard InChI is InChI=1S/C10H17NO2/c1-5-6-11-9(7-8(2)3)10(12)13-4/h1,8-9,11H,6-7H2,2-4H3. The van der Waals surface area contributed by atoms with Crippen LogP contribution >= 0.6 is 0 Å². The molecule has 0 spiro atoms. The number of methoxy groups -OCH3 is 1. The predicted molar refractivity (Wildman–Crippen MR) is 52.1 cm³/mol. The van der Waals surface area contributed by atoms with Crippen LogP contribution in [0, 0.1) is 18.3 Å². The van der Waals surface area contributed by atoms with Crippen LogP contribution in [-0.4, -0.2) is 25.7 Å². The number of carbonyl (C=O) groups excluding carboxylic acids is 1. The molecule has 13 heavy (non-hydrogen) atoms. The van der Waals surface area contributed by atoms with Gasteiger partial charge in [0.15, 0.2) is 0 Å². The number of esters is 1. The topological polar surface area (TPSA) is 38.3 Å². The number of hydrogen-bond acceptors (Lipinski definition) is 3. The highest BCUT2D eigenvalue weighted by atomic mass is 16.5. The molecule has 0 rings (SSSR count). The maximum absolute atomic E-state index is 11.2. The molecule has 0 saturated heterocycles. The van der Waals surface area contributed by atoms with E-state index in [0.29, 0.717) is 12.5 Å². The summed E-state index contributed by atoms with van der Waals surface area (Å²) in [5.74, 6) is 2.62. The molecule has 3 heteroatoms. The van der Waals surface area contributed by atoms with Crippen LogP contribution in [-0.2, 0) is 9.53 Å². The first-order chi connectivity index (χ1) is 6.11. The van der Waals surface area contributed by atoms with Gasteiger partial charge in [-0.2, -0.15) is 0 Å². The second-order valence-electron chi connectivity index (χ2n) is 3.29. The molecule has 1 atom stereocenters. The van der Waals surface area contributed by atoms with Gasteiger partial charge in [-0.1, -0.05) is 19.8 Å². The van der Waals surface area contributed by atoms with Gasteiger partial charge in [-0.05, 0) is 12.3 Å². The Morgan fingerprint density at radius 3 is 2.62 bits per heavy atom. The van der Waals surface area contributed by atoms with Gasteiger partial charge < -0.3 is 4.74 Å². The van der Waals surface area contributed by atoms with Crippen LogP contribution in [0.3, 0.4) is 0 Å². The molecule has 0 saturated carbocycles. The fourth-order valence-electron chi connectivity index (χ4n) is 1.06. The molecule has 0 fully saturated rings. The van der Waals surface area contributed by atoms with Gasteiger partial charge >= 0.3 is 5.97 Å². The monoisotopic (exact) mass is 183 g/mol. The van der Waals surface area contributed by atoms with Gasteiger partial charge in [0, 0.05) is 0 Å². The van der Waals surface area contributed by atoms with Crippen molar-refractivity contribution in [1.82, 2.24) is 5.32 Å². The molecule has 0 amide bonds. The van der Waals surface area contributed by atoms with Gasteiger partial charge in [-0.25, -0.2) is 0 Å². The SMILES string of the molecule is C#CCNC(CC(C)C)C(=O)OC. The van der Waals surface area contributed by atoms with Crippen molar-refractivity contribution < 1.29 is 9.53 Å². The van der Waals surface area contributed by atoms with Crippen LogP contribution in [0.4, 0.5) is 0 Å². The van der Waals surface area contributed by atoms with Gasteiger partial charge in [-0.3, -0.25) is 10.1 Å². The van der Waals surface area contributed by atoms with E-state index in [1.54, 1.807) is 0 Å². The Labute approximate surface area is 79.8 Å². The Hall–Kier alpha value is -1.01. The molecule has 0 aromatic carbocycles. The first-order valence-electron chi connectivity index (χ1n) is 4.36. The molecule has 0 aliphatic carbocycles. The third-order valence-electron chi connectivity index (χ3n) is 1.64. The van der Waals surface area contributed by atoms with E-state index in [2.05, 4.69) is 16.0 Å². The summed E-state index contributed by atoms with van der Waals surface area (Å²) >= 11 is 0. The number of ether oxygens (including phenoxy) is 1. The van der Waals surface area contributed by atoms with Crippen molar-refractivity contribution in [2.24, 2.45) is 5.92 Å². The average molecular weight is 183 g/mol. The lowest BCUT2D eigenvalue weighted by Gasteiger charge is -2.16. The number of terminal acetylenes is 1. The van der Waals surface area contributed by atoms with Crippen molar-refractivity contribution in [3.05, 3.63) is 0 Å². The summed E-state index contributed by atoms with van der Waals surface area (Å²) in [7, 11) is 1.38. The zero-order valence-corrected chi connectivity index (χ0v) is 8.46. The van der Waals surface area contributed by atoms with E-state index in [1.807, 2.05) is 13.8 Å². The minimum Gasteiger partial charge on any atom is -0.468 e. The van der Waals surface area contributed by atoms with E-state index >= 15 is 0 Å². The molecule has 74 valence electrons. The lowest BCUT2D eigenvalue weighted by Crippen LogP contribution is -2.38. The Morgan fingerprint density at radius 2 is 2.23 bits per heavy atom. The smallest absolute Gasteiger partial charge is 0.322 e. The van der Waals surface area contributed by atoms with Crippen LogP contribution in [0.25, 0.3) is 0 Å². The van der Waals surface area contributed by atoms with Crippen LogP contribution in [0.5, 0.6) is 0 Å². The van der Waals surface area contributed by atoms with Gasteiger partial charge in [0.1, 0.15) is 6.04 Å². The van der Waals surface area contributed by atoms with Gasteiger partial charge in [0.2, 0.25) is 0 Å². The molecule has 0 aliphatic heterocycles. The first kappa shape index (κ1) is 12.0. The summed E-state index contributed by atoms with van der Waals surface area (Å²) in [4.78, 5) is 11.2. The number of nitrogens with one attached hydrogen (secondary N) is 1.